The Balaban J connectivity index is 3.30. The standard InChI is InChI=1S/C11H12N2O3/c1-12(2)7-9(8-14)10-5-3-4-6-11(10)13(15)16/h3-8H,1-2H3. The molecular weight excluding hydrogens is 208 g/mol. The van der Waals surface area contributed by atoms with E-state index in [1.54, 1.807) is 43.4 Å². The van der Waals surface area contributed by atoms with E-state index in [0.717, 1.165) is 0 Å². The molecule has 0 radical (unpaired) electrons. The summed E-state index contributed by atoms with van der Waals surface area (Å²) in [6.45, 7) is 0. The number of carbonyl (C=O) groups excluding carboxylic acids is 1. The highest BCUT2D eigenvalue weighted by atomic mass is 16.6. The van der Waals surface area contributed by atoms with Gasteiger partial charge in [0.2, 0.25) is 0 Å². The molecule has 5 heteroatoms. The van der Waals surface area contributed by atoms with Crippen LogP contribution in [-0.4, -0.2) is 30.2 Å². The molecule has 0 amide bonds. The van der Waals surface area contributed by atoms with Gasteiger partial charge in [-0.05, 0) is 6.07 Å². The predicted octanol–water partition coefficient (Wildman–Crippen LogP) is 1.70. The van der Waals surface area contributed by atoms with Crippen molar-refractivity contribution in [2.24, 2.45) is 0 Å². The largest absolute Gasteiger partial charge is 0.383 e. The van der Waals surface area contributed by atoms with Crippen molar-refractivity contribution in [1.29, 1.82) is 0 Å². The number of allylic oxidation sites excluding steroid dienone is 1. The molecule has 0 unspecified atom stereocenters. The molecule has 0 atom stereocenters. The van der Waals surface area contributed by atoms with Gasteiger partial charge in [0, 0.05) is 31.9 Å². The highest BCUT2D eigenvalue weighted by Gasteiger charge is 2.15. The Hall–Kier alpha value is -2.17. The van der Waals surface area contributed by atoms with Gasteiger partial charge in [-0.15, -0.1) is 0 Å². The molecule has 0 spiro atoms. The Morgan fingerprint density at radius 3 is 2.50 bits per heavy atom. The smallest absolute Gasteiger partial charge is 0.277 e. The van der Waals surface area contributed by atoms with Crippen LogP contribution in [0.2, 0.25) is 0 Å². The van der Waals surface area contributed by atoms with Gasteiger partial charge in [-0.3, -0.25) is 14.9 Å². The fraction of sp³-hybridized carbons (Fsp3) is 0.182. The van der Waals surface area contributed by atoms with Crippen molar-refractivity contribution in [3.8, 4) is 0 Å². The zero-order valence-corrected chi connectivity index (χ0v) is 9.08. The van der Waals surface area contributed by atoms with E-state index in [0.29, 0.717) is 11.8 Å². The number of nitrogens with zero attached hydrogens (tertiary/aromatic N) is 2. The minimum Gasteiger partial charge on any atom is -0.383 e. The maximum absolute atomic E-state index is 10.9. The molecule has 1 rings (SSSR count). The molecule has 16 heavy (non-hydrogen) atoms. The van der Waals surface area contributed by atoms with Crippen molar-refractivity contribution in [2.75, 3.05) is 14.1 Å². The Morgan fingerprint density at radius 2 is 2.00 bits per heavy atom. The lowest BCUT2D eigenvalue weighted by molar-refractivity contribution is -0.385. The normalized spacial score (nSPS) is 11.0. The predicted molar refractivity (Wildman–Crippen MR) is 60.8 cm³/mol. The van der Waals surface area contributed by atoms with Gasteiger partial charge in [-0.25, -0.2) is 0 Å². The summed E-state index contributed by atoms with van der Waals surface area (Å²) in [5.74, 6) is 0. The molecule has 0 aliphatic rings. The lowest BCUT2D eigenvalue weighted by Gasteiger charge is -2.07. The number of hydrogen-bond acceptors (Lipinski definition) is 4. The van der Waals surface area contributed by atoms with Crippen LogP contribution in [0.3, 0.4) is 0 Å². The topological polar surface area (TPSA) is 63.5 Å². The lowest BCUT2D eigenvalue weighted by Crippen LogP contribution is -2.04. The first-order valence-corrected chi connectivity index (χ1v) is 4.63. The van der Waals surface area contributed by atoms with Gasteiger partial charge in [0.05, 0.1) is 10.5 Å². The molecule has 0 aromatic heterocycles. The number of carbonyl (C=O) groups is 1. The van der Waals surface area contributed by atoms with Crippen LogP contribution >= 0.6 is 0 Å². The summed E-state index contributed by atoms with van der Waals surface area (Å²) < 4.78 is 0. The Bertz CT molecular complexity index is 439. The van der Waals surface area contributed by atoms with Crippen LogP contribution in [0.1, 0.15) is 5.56 Å². The number of nitro groups is 1. The number of nitro benzene ring substituents is 1. The first-order valence-electron chi connectivity index (χ1n) is 4.63. The molecule has 84 valence electrons. The van der Waals surface area contributed by atoms with Gasteiger partial charge in [0.25, 0.3) is 5.69 Å². The van der Waals surface area contributed by atoms with Gasteiger partial charge >= 0.3 is 0 Å². The minimum absolute atomic E-state index is 0.0669. The van der Waals surface area contributed by atoms with Gasteiger partial charge < -0.3 is 4.90 Å². The fourth-order valence-corrected chi connectivity index (χ4v) is 1.32. The molecule has 0 aliphatic heterocycles. The van der Waals surface area contributed by atoms with Gasteiger partial charge in [-0.1, -0.05) is 12.1 Å². The minimum atomic E-state index is -0.498. The molecular formula is C11H12N2O3. The van der Waals surface area contributed by atoms with E-state index in [-0.39, 0.29) is 11.3 Å². The second-order valence-electron chi connectivity index (χ2n) is 3.44. The Morgan fingerprint density at radius 1 is 1.38 bits per heavy atom. The van der Waals surface area contributed by atoms with Crippen molar-refractivity contribution in [3.05, 3.63) is 46.1 Å². The second kappa shape index (κ2) is 5.06. The van der Waals surface area contributed by atoms with Gasteiger partial charge in [0.1, 0.15) is 0 Å². The van der Waals surface area contributed by atoms with Crippen molar-refractivity contribution < 1.29 is 9.72 Å². The average Bonchev–Trinajstić information content (AvgIpc) is 2.25. The highest BCUT2D eigenvalue weighted by Crippen LogP contribution is 2.24. The Kier molecular flexibility index (Phi) is 3.77. The van der Waals surface area contributed by atoms with E-state index in [1.807, 2.05) is 0 Å². The molecule has 0 fully saturated rings. The number of para-hydroxylation sites is 1. The highest BCUT2D eigenvalue weighted by molar-refractivity contribution is 6.08. The average molecular weight is 220 g/mol. The molecule has 0 saturated heterocycles. The third-order valence-electron chi connectivity index (χ3n) is 1.94. The molecule has 1 aromatic rings. The number of hydrogen-bond donors (Lipinski definition) is 0. The van der Waals surface area contributed by atoms with E-state index >= 15 is 0 Å². The van der Waals surface area contributed by atoms with Crippen molar-refractivity contribution in [2.45, 2.75) is 0 Å². The number of benzene rings is 1. The van der Waals surface area contributed by atoms with Crippen LogP contribution < -0.4 is 0 Å². The molecule has 0 saturated carbocycles. The summed E-state index contributed by atoms with van der Waals surface area (Å²) in [6.07, 6.45) is 2.16. The van der Waals surface area contributed by atoms with E-state index in [2.05, 4.69) is 0 Å². The third kappa shape index (κ3) is 2.66. The van der Waals surface area contributed by atoms with Crippen LogP contribution in [0.5, 0.6) is 0 Å². The molecule has 1 aromatic carbocycles. The number of aldehydes is 1. The van der Waals surface area contributed by atoms with Crippen LogP contribution in [0.4, 0.5) is 5.69 Å². The maximum atomic E-state index is 10.9. The SMILES string of the molecule is CN(C)C=C(C=O)c1ccccc1[N+](=O)[O-]. The van der Waals surface area contributed by atoms with Crippen LogP contribution in [0.25, 0.3) is 5.57 Å². The zero-order chi connectivity index (χ0) is 12.1. The quantitative estimate of drug-likeness (QED) is 0.335. The summed E-state index contributed by atoms with van der Waals surface area (Å²) >= 11 is 0. The number of rotatable bonds is 4. The van der Waals surface area contributed by atoms with Crippen molar-refractivity contribution in [1.82, 2.24) is 4.90 Å². The van der Waals surface area contributed by atoms with E-state index in [9.17, 15) is 14.9 Å². The Labute approximate surface area is 93.1 Å². The maximum Gasteiger partial charge on any atom is 0.277 e. The summed E-state index contributed by atoms with van der Waals surface area (Å²) in [7, 11) is 3.50. The fourth-order valence-electron chi connectivity index (χ4n) is 1.32. The van der Waals surface area contributed by atoms with Crippen LogP contribution in [-0.2, 0) is 4.79 Å². The molecule has 0 heterocycles. The summed E-state index contributed by atoms with van der Waals surface area (Å²) in [4.78, 5) is 22.8. The summed E-state index contributed by atoms with van der Waals surface area (Å²) in [5.41, 5.74) is 0.552. The molecule has 0 bridgehead atoms. The molecule has 0 N–H and O–H groups in total. The van der Waals surface area contributed by atoms with Crippen molar-refractivity contribution >= 4 is 17.5 Å². The molecule has 0 aliphatic carbocycles. The third-order valence-corrected chi connectivity index (χ3v) is 1.94. The second-order valence-corrected chi connectivity index (χ2v) is 3.44. The first kappa shape index (κ1) is 11.9. The molecule has 5 nitrogen and oxygen atoms in total. The van der Waals surface area contributed by atoms with Crippen LogP contribution in [0, 0.1) is 10.1 Å². The zero-order valence-electron chi connectivity index (χ0n) is 9.08. The monoisotopic (exact) mass is 220 g/mol. The van der Waals surface area contributed by atoms with E-state index < -0.39 is 4.92 Å². The van der Waals surface area contributed by atoms with E-state index in [1.165, 1.54) is 6.07 Å². The van der Waals surface area contributed by atoms with Gasteiger partial charge in [0.15, 0.2) is 6.29 Å². The van der Waals surface area contributed by atoms with E-state index in [4.69, 9.17) is 0 Å². The summed E-state index contributed by atoms with van der Waals surface area (Å²) in [5, 5.41) is 10.8. The lowest BCUT2D eigenvalue weighted by atomic mass is 10.1. The first-order chi connectivity index (χ1) is 7.56. The van der Waals surface area contributed by atoms with Gasteiger partial charge in [-0.2, -0.15) is 0 Å². The van der Waals surface area contributed by atoms with Crippen molar-refractivity contribution in [3.63, 3.8) is 0 Å². The van der Waals surface area contributed by atoms with Crippen LogP contribution in [0.15, 0.2) is 30.5 Å². The summed E-state index contributed by atoms with van der Waals surface area (Å²) in [6, 6.07) is 6.17.